The molecule has 1 aromatic carbocycles. The molecular weight excluding hydrogens is 288 g/mol. The Balaban J connectivity index is 2.10. The number of hydrogen-bond donors (Lipinski definition) is 0. The van der Waals surface area contributed by atoms with Crippen molar-refractivity contribution in [1.29, 1.82) is 0 Å². The molecule has 0 unspecified atom stereocenters. The summed E-state index contributed by atoms with van der Waals surface area (Å²) in [5, 5.41) is 0. The van der Waals surface area contributed by atoms with E-state index < -0.39 is 5.97 Å². The van der Waals surface area contributed by atoms with Crippen LogP contribution in [0.15, 0.2) is 45.5 Å². The highest BCUT2D eigenvalue weighted by Crippen LogP contribution is 2.17. The molecule has 17 heavy (non-hydrogen) atoms. The van der Waals surface area contributed by atoms with Gasteiger partial charge >= 0.3 is 5.97 Å². The summed E-state index contributed by atoms with van der Waals surface area (Å²) in [7, 11) is 0. The SMILES string of the molecule is O=Cc1ccc(OC(=O)c2ccc(Br)o2)cc1. The minimum atomic E-state index is -0.588. The summed E-state index contributed by atoms with van der Waals surface area (Å²) in [5.74, 6) is -0.126. The number of furan rings is 1. The fraction of sp³-hybridized carbons (Fsp3) is 0. The zero-order chi connectivity index (χ0) is 12.3. The van der Waals surface area contributed by atoms with E-state index in [4.69, 9.17) is 9.15 Å². The maximum Gasteiger partial charge on any atom is 0.379 e. The van der Waals surface area contributed by atoms with Crippen LogP contribution in [0.1, 0.15) is 20.9 Å². The lowest BCUT2D eigenvalue weighted by Crippen LogP contribution is -2.07. The van der Waals surface area contributed by atoms with Crippen molar-refractivity contribution in [3.63, 3.8) is 0 Å². The van der Waals surface area contributed by atoms with Gasteiger partial charge in [-0.3, -0.25) is 4.79 Å². The van der Waals surface area contributed by atoms with E-state index in [9.17, 15) is 9.59 Å². The van der Waals surface area contributed by atoms with Gasteiger partial charge in [-0.05, 0) is 52.3 Å². The first kappa shape index (κ1) is 11.6. The van der Waals surface area contributed by atoms with E-state index in [1.165, 1.54) is 6.07 Å². The molecule has 86 valence electrons. The Kier molecular flexibility index (Phi) is 3.39. The molecule has 1 aromatic heterocycles. The van der Waals surface area contributed by atoms with Crippen LogP contribution in [0.5, 0.6) is 5.75 Å². The molecule has 0 N–H and O–H groups in total. The molecule has 1 heterocycles. The number of rotatable bonds is 3. The molecule has 2 rings (SSSR count). The van der Waals surface area contributed by atoms with Crippen LogP contribution >= 0.6 is 15.9 Å². The standard InChI is InChI=1S/C12H7BrO4/c13-11-6-5-10(17-11)12(15)16-9-3-1-8(7-14)2-4-9/h1-7H. The Bertz CT molecular complexity index is 542. The highest BCUT2D eigenvalue weighted by Gasteiger charge is 2.12. The van der Waals surface area contributed by atoms with E-state index in [0.717, 1.165) is 6.29 Å². The van der Waals surface area contributed by atoms with Crippen LogP contribution in [-0.2, 0) is 0 Å². The third-order valence-electron chi connectivity index (χ3n) is 2.00. The zero-order valence-corrected chi connectivity index (χ0v) is 10.1. The summed E-state index contributed by atoms with van der Waals surface area (Å²) < 4.78 is 10.6. The van der Waals surface area contributed by atoms with E-state index in [-0.39, 0.29) is 5.76 Å². The summed E-state index contributed by atoms with van der Waals surface area (Å²) in [6.45, 7) is 0. The van der Waals surface area contributed by atoms with Crippen molar-refractivity contribution >= 4 is 28.2 Å². The molecule has 4 nitrogen and oxygen atoms in total. The van der Waals surface area contributed by atoms with Gasteiger partial charge in [0.1, 0.15) is 12.0 Å². The van der Waals surface area contributed by atoms with Gasteiger partial charge in [-0.15, -0.1) is 0 Å². The number of hydrogen-bond acceptors (Lipinski definition) is 4. The van der Waals surface area contributed by atoms with Crippen molar-refractivity contribution in [2.24, 2.45) is 0 Å². The van der Waals surface area contributed by atoms with Gasteiger partial charge in [0.25, 0.3) is 0 Å². The molecule has 0 aliphatic carbocycles. The maximum absolute atomic E-state index is 11.6. The van der Waals surface area contributed by atoms with E-state index in [0.29, 0.717) is 16.0 Å². The van der Waals surface area contributed by atoms with Crippen molar-refractivity contribution in [2.45, 2.75) is 0 Å². The second kappa shape index (κ2) is 4.97. The Morgan fingerprint density at radius 3 is 2.41 bits per heavy atom. The summed E-state index contributed by atoms with van der Waals surface area (Å²) in [5.41, 5.74) is 0.519. The average Bonchev–Trinajstić information content (AvgIpc) is 2.77. The van der Waals surface area contributed by atoms with Crippen LogP contribution in [0.3, 0.4) is 0 Å². The molecule has 0 saturated heterocycles. The van der Waals surface area contributed by atoms with E-state index in [1.54, 1.807) is 30.3 Å². The fourth-order valence-electron chi connectivity index (χ4n) is 1.20. The fourth-order valence-corrected chi connectivity index (χ4v) is 1.50. The third kappa shape index (κ3) is 2.82. The lowest BCUT2D eigenvalue weighted by molar-refractivity contribution is 0.0700. The number of esters is 1. The maximum atomic E-state index is 11.6. The van der Waals surface area contributed by atoms with Gasteiger partial charge in [-0.2, -0.15) is 0 Å². The first-order valence-electron chi connectivity index (χ1n) is 4.72. The van der Waals surface area contributed by atoms with Crippen LogP contribution in [-0.4, -0.2) is 12.3 Å². The van der Waals surface area contributed by atoms with Crippen molar-refractivity contribution in [2.75, 3.05) is 0 Å². The van der Waals surface area contributed by atoms with Crippen LogP contribution in [0.25, 0.3) is 0 Å². The smallest absolute Gasteiger partial charge is 0.379 e. The second-order valence-electron chi connectivity index (χ2n) is 3.18. The van der Waals surface area contributed by atoms with Crippen LogP contribution in [0, 0.1) is 0 Å². The molecule has 0 amide bonds. The van der Waals surface area contributed by atoms with Gasteiger partial charge in [-0.25, -0.2) is 4.79 Å². The molecule has 2 aromatic rings. The summed E-state index contributed by atoms with van der Waals surface area (Å²) in [6.07, 6.45) is 0.718. The zero-order valence-electron chi connectivity index (χ0n) is 8.55. The minimum absolute atomic E-state index is 0.108. The summed E-state index contributed by atoms with van der Waals surface area (Å²) in [4.78, 5) is 22.0. The average molecular weight is 295 g/mol. The van der Waals surface area contributed by atoms with Crippen molar-refractivity contribution in [3.8, 4) is 5.75 Å². The molecule has 0 atom stereocenters. The summed E-state index contributed by atoms with van der Waals surface area (Å²) >= 11 is 3.09. The number of ether oxygens (including phenoxy) is 1. The van der Waals surface area contributed by atoms with Crippen molar-refractivity contribution < 1.29 is 18.7 Å². The molecule has 0 spiro atoms. The van der Waals surface area contributed by atoms with Gasteiger partial charge in [0.15, 0.2) is 4.67 Å². The van der Waals surface area contributed by atoms with Crippen molar-refractivity contribution in [3.05, 3.63) is 52.4 Å². The highest BCUT2D eigenvalue weighted by atomic mass is 79.9. The first-order chi connectivity index (χ1) is 8.19. The number of halogens is 1. The molecule has 0 radical (unpaired) electrons. The topological polar surface area (TPSA) is 56.5 Å². The number of carbonyl (C=O) groups is 2. The predicted molar refractivity (Wildman–Crippen MR) is 63.2 cm³/mol. The van der Waals surface area contributed by atoms with Crippen LogP contribution in [0.2, 0.25) is 0 Å². The van der Waals surface area contributed by atoms with E-state index >= 15 is 0 Å². The highest BCUT2D eigenvalue weighted by molar-refractivity contribution is 9.10. The van der Waals surface area contributed by atoms with Crippen molar-refractivity contribution in [1.82, 2.24) is 0 Å². The van der Waals surface area contributed by atoms with Crippen LogP contribution in [0.4, 0.5) is 0 Å². The summed E-state index contributed by atoms with van der Waals surface area (Å²) in [6, 6.07) is 9.32. The largest absolute Gasteiger partial charge is 0.442 e. The van der Waals surface area contributed by atoms with E-state index in [2.05, 4.69) is 15.9 Å². The molecule has 0 bridgehead atoms. The Labute approximate surface area is 105 Å². The quantitative estimate of drug-likeness (QED) is 0.496. The number of aldehydes is 1. The molecule has 0 fully saturated rings. The molecule has 0 aliphatic heterocycles. The van der Waals surface area contributed by atoms with Gasteiger partial charge in [0.2, 0.25) is 5.76 Å². The normalized spacial score (nSPS) is 9.94. The predicted octanol–water partition coefficient (Wildman–Crippen LogP) is 3.07. The monoisotopic (exact) mass is 294 g/mol. The molecule has 5 heteroatoms. The molecular formula is C12H7BrO4. The second-order valence-corrected chi connectivity index (χ2v) is 3.96. The van der Waals surface area contributed by atoms with Gasteiger partial charge in [0, 0.05) is 5.56 Å². The number of benzene rings is 1. The molecule has 0 saturated carbocycles. The Morgan fingerprint density at radius 1 is 1.18 bits per heavy atom. The van der Waals surface area contributed by atoms with E-state index in [1.807, 2.05) is 0 Å². The number of carbonyl (C=O) groups excluding carboxylic acids is 2. The Hall–Kier alpha value is -1.88. The van der Waals surface area contributed by atoms with Gasteiger partial charge < -0.3 is 9.15 Å². The lowest BCUT2D eigenvalue weighted by atomic mass is 10.2. The molecule has 0 aliphatic rings. The van der Waals surface area contributed by atoms with Gasteiger partial charge in [-0.1, -0.05) is 0 Å². The Morgan fingerprint density at radius 2 is 1.88 bits per heavy atom. The first-order valence-corrected chi connectivity index (χ1v) is 5.51. The lowest BCUT2D eigenvalue weighted by Gasteiger charge is -2.01. The van der Waals surface area contributed by atoms with Crippen LogP contribution < -0.4 is 4.74 Å². The van der Waals surface area contributed by atoms with Gasteiger partial charge in [0.05, 0.1) is 0 Å². The minimum Gasteiger partial charge on any atom is -0.442 e. The third-order valence-corrected chi connectivity index (χ3v) is 2.43.